The molecule has 0 aromatic rings. The molecule has 0 bridgehead atoms. The topological polar surface area (TPSA) is 231 Å². The largest absolute Gasteiger partial charge is 0.462 e. The number of aliphatic hydroxyl groups is 7. The quantitative estimate of drug-likeness (QED) is 0.0198. The highest BCUT2D eigenvalue weighted by Gasteiger charge is 2.47. The molecule has 0 amide bonds. The van der Waals surface area contributed by atoms with Crippen molar-refractivity contribution in [1.82, 2.24) is 0 Å². The van der Waals surface area contributed by atoms with Crippen molar-refractivity contribution in [3.8, 4) is 0 Å². The van der Waals surface area contributed by atoms with Gasteiger partial charge in [0.05, 0.1) is 19.8 Å². The summed E-state index contributed by atoms with van der Waals surface area (Å²) in [5, 5.41) is 72.0. The minimum atomic E-state index is -1.77. The van der Waals surface area contributed by atoms with E-state index in [9.17, 15) is 45.3 Å². The molecular weight excluding hydrogens is 841 g/mol. The van der Waals surface area contributed by atoms with Crippen LogP contribution in [-0.4, -0.2) is 142 Å². The second-order valence-corrected chi connectivity index (χ2v) is 17.6. The van der Waals surface area contributed by atoms with E-state index in [1.54, 1.807) is 0 Å². The molecule has 15 heteroatoms. The van der Waals surface area contributed by atoms with E-state index in [1.165, 1.54) is 51.4 Å². The van der Waals surface area contributed by atoms with Crippen LogP contribution in [0, 0.1) is 0 Å². The summed E-state index contributed by atoms with van der Waals surface area (Å²) < 4.78 is 33.5. The second-order valence-electron chi connectivity index (χ2n) is 17.6. The molecule has 2 saturated heterocycles. The first-order valence-electron chi connectivity index (χ1n) is 25.1. The van der Waals surface area contributed by atoms with Gasteiger partial charge in [-0.05, 0) is 70.6 Å². The first kappa shape index (κ1) is 58.8. The van der Waals surface area contributed by atoms with Crippen molar-refractivity contribution in [2.75, 3.05) is 26.4 Å². The maximum absolute atomic E-state index is 13.0. The lowest BCUT2D eigenvalue weighted by Crippen LogP contribution is -2.61. The van der Waals surface area contributed by atoms with Gasteiger partial charge >= 0.3 is 11.9 Å². The zero-order chi connectivity index (χ0) is 47.5. The minimum Gasteiger partial charge on any atom is -0.462 e. The smallest absolute Gasteiger partial charge is 0.306 e. The van der Waals surface area contributed by atoms with Crippen molar-refractivity contribution in [1.29, 1.82) is 0 Å². The monoisotopic (exact) mass is 929 g/mol. The number of hydrogen-bond donors (Lipinski definition) is 7. The molecule has 0 spiro atoms. The third-order valence-electron chi connectivity index (χ3n) is 11.8. The third-order valence-corrected chi connectivity index (χ3v) is 11.8. The third kappa shape index (κ3) is 26.2. The molecule has 11 unspecified atom stereocenters. The Hall–Kier alpha value is -2.28. The van der Waals surface area contributed by atoms with Gasteiger partial charge in [-0.15, -0.1) is 0 Å². The summed E-state index contributed by atoms with van der Waals surface area (Å²) in [7, 11) is 0. The fourth-order valence-corrected chi connectivity index (χ4v) is 7.65. The lowest BCUT2D eigenvalue weighted by molar-refractivity contribution is -0.332. The SMILES string of the molecule is CCCCCC/C=C\C/C=C\CCCCCCCC(=O)OC(COC(=O)CCCCCCC/C=C\CCCCCC)COC1OC(COC2OC(CO)C(O)C(O)C2O)C(O)C(O)C1O. The van der Waals surface area contributed by atoms with Crippen molar-refractivity contribution in [2.24, 2.45) is 0 Å². The number of hydrogen-bond acceptors (Lipinski definition) is 15. The van der Waals surface area contributed by atoms with Gasteiger partial charge in [0.25, 0.3) is 0 Å². The van der Waals surface area contributed by atoms with E-state index in [4.69, 9.17) is 28.4 Å². The van der Waals surface area contributed by atoms with E-state index < -0.39 is 92.7 Å². The fraction of sp³-hybridized carbons (Fsp3) is 0.840. The zero-order valence-electron chi connectivity index (χ0n) is 39.7. The van der Waals surface area contributed by atoms with Gasteiger partial charge in [-0.1, -0.05) is 127 Å². The first-order chi connectivity index (χ1) is 31.5. The van der Waals surface area contributed by atoms with Gasteiger partial charge in [-0.3, -0.25) is 9.59 Å². The average Bonchev–Trinajstić information content (AvgIpc) is 3.30. The van der Waals surface area contributed by atoms with Crippen molar-refractivity contribution < 1.29 is 73.8 Å². The fourth-order valence-electron chi connectivity index (χ4n) is 7.65. The van der Waals surface area contributed by atoms with E-state index in [2.05, 4.69) is 50.3 Å². The van der Waals surface area contributed by atoms with Gasteiger partial charge in [-0.25, -0.2) is 0 Å². The number of carbonyl (C=O) groups is 2. The molecule has 65 heavy (non-hydrogen) atoms. The highest BCUT2D eigenvalue weighted by atomic mass is 16.7. The molecule has 7 N–H and O–H groups in total. The number of unbranched alkanes of at least 4 members (excludes halogenated alkanes) is 18. The van der Waals surface area contributed by atoms with Gasteiger partial charge in [0, 0.05) is 12.8 Å². The Morgan fingerprint density at radius 2 is 0.923 bits per heavy atom. The Bertz CT molecular complexity index is 1280. The maximum atomic E-state index is 13.0. The van der Waals surface area contributed by atoms with E-state index in [1.807, 2.05) is 0 Å². The Balaban J connectivity index is 1.84. The Labute approximate surface area is 389 Å². The summed E-state index contributed by atoms with van der Waals surface area (Å²) in [5.74, 6) is -0.951. The van der Waals surface area contributed by atoms with E-state index in [0.717, 1.165) is 83.5 Å². The molecule has 0 aromatic carbocycles. The van der Waals surface area contributed by atoms with E-state index in [-0.39, 0.29) is 26.1 Å². The lowest BCUT2D eigenvalue weighted by Gasteiger charge is -2.42. The molecule has 2 aliphatic rings. The van der Waals surface area contributed by atoms with Crippen LogP contribution in [0.25, 0.3) is 0 Å². The van der Waals surface area contributed by atoms with Crippen LogP contribution in [-0.2, 0) is 38.0 Å². The summed E-state index contributed by atoms with van der Waals surface area (Å²) in [6, 6.07) is 0. The van der Waals surface area contributed by atoms with Gasteiger partial charge in [0.1, 0.15) is 55.4 Å². The number of allylic oxidation sites excluding steroid dienone is 6. The molecule has 0 aliphatic carbocycles. The van der Waals surface area contributed by atoms with Gasteiger partial charge < -0.3 is 64.2 Å². The lowest BCUT2D eigenvalue weighted by atomic mass is 9.98. The number of ether oxygens (including phenoxy) is 6. The molecule has 2 rings (SSSR count). The molecular formula is C50H88O15. The van der Waals surface area contributed by atoms with Gasteiger partial charge in [-0.2, -0.15) is 0 Å². The summed E-state index contributed by atoms with van der Waals surface area (Å²) in [5.41, 5.74) is 0. The van der Waals surface area contributed by atoms with Crippen LogP contribution in [0.15, 0.2) is 36.5 Å². The molecule has 2 heterocycles. The number of esters is 2. The molecule has 0 radical (unpaired) electrons. The van der Waals surface area contributed by atoms with Crippen molar-refractivity contribution in [3.05, 3.63) is 36.5 Å². The van der Waals surface area contributed by atoms with Gasteiger partial charge in [0.2, 0.25) is 0 Å². The van der Waals surface area contributed by atoms with Crippen LogP contribution in [0.3, 0.4) is 0 Å². The summed E-state index contributed by atoms with van der Waals surface area (Å²) in [6.07, 6.45) is 21.7. The Morgan fingerprint density at radius 1 is 0.492 bits per heavy atom. The molecule has 11 atom stereocenters. The molecule has 0 saturated carbocycles. The summed E-state index contributed by atoms with van der Waals surface area (Å²) in [4.78, 5) is 25.7. The summed E-state index contributed by atoms with van der Waals surface area (Å²) in [6.45, 7) is 2.52. The zero-order valence-corrected chi connectivity index (χ0v) is 39.7. The Morgan fingerprint density at radius 3 is 1.45 bits per heavy atom. The first-order valence-corrected chi connectivity index (χ1v) is 25.1. The van der Waals surface area contributed by atoms with Crippen LogP contribution in [0.1, 0.15) is 174 Å². The molecule has 2 fully saturated rings. The molecule has 15 nitrogen and oxygen atoms in total. The number of aliphatic hydroxyl groups excluding tert-OH is 7. The highest BCUT2D eigenvalue weighted by molar-refractivity contribution is 5.70. The minimum absolute atomic E-state index is 0.148. The number of carbonyl (C=O) groups excluding carboxylic acids is 2. The van der Waals surface area contributed by atoms with Crippen molar-refractivity contribution >= 4 is 11.9 Å². The predicted octanol–water partition coefficient (Wildman–Crippen LogP) is 6.54. The van der Waals surface area contributed by atoms with Crippen molar-refractivity contribution in [2.45, 2.75) is 242 Å². The van der Waals surface area contributed by atoms with Crippen molar-refractivity contribution in [3.63, 3.8) is 0 Å². The molecule has 378 valence electrons. The van der Waals surface area contributed by atoms with Crippen LogP contribution in [0.4, 0.5) is 0 Å². The van der Waals surface area contributed by atoms with Crippen LogP contribution >= 0.6 is 0 Å². The average molecular weight is 929 g/mol. The van der Waals surface area contributed by atoms with Crippen LogP contribution < -0.4 is 0 Å². The Kier molecular flexibility index (Phi) is 34.1. The van der Waals surface area contributed by atoms with Crippen LogP contribution in [0.5, 0.6) is 0 Å². The predicted molar refractivity (Wildman–Crippen MR) is 247 cm³/mol. The second kappa shape index (κ2) is 37.7. The van der Waals surface area contributed by atoms with Crippen LogP contribution in [0.2, 0.25) is 0 Å². The van der Waals surface area contributed by atoms with Gasteiger partial charge in [0.15, 0.2) is 18.7 Å². The molecule has 0 aromatic heterocycles. The maximum Gasteiger partial charge on any atom is 0.306 e. The standard InChI is InChI=1S/C50H88O15/c1-3-5-7-9-11-13-15-17-18-19-21-23-25-27-29-31-33-42(53)63-38(35-60-41(52)32-30-28-26-24-22-20-16-14-12-10-8-6-4-2)36-61-49-48(59)46(57)44(55)40(65-49)37-62-50-47(58)45(56)43(54)39(34-51)64-50/h13-16,18-19,38-40,43-51,54-59H,3-12,17,20-37H2,1-2H3/b15-13-,16-14-,19-18-. The highest BCUT2D eigenvalue weighted by Crippen LogP contribution is 2.26. The van der Waals surface area contributed by atoms with E-state index >= 15 is 0 Å². The van der Waals surface area contributed by atoms with E-state index in [0.29, 0.717) is 12.8 Å². The molecule has 2 aliphatic heterocycles. The number of rotatable bonds is 38. The normalized spacial score (nSPS) is 26.7. The summed E-state index contributed by atoms with van der Waals surface area (Å²) >= 11 is 0.